The zero-order chi connectivity index (χ0) is 29.3. The van der Waals surface area contributed by atoms with E-state index >= 15 is 0 Å². The molecule has 44 heavy (non-hydrogen) atoms. The van der Waals surface area contributed by atoms with E-state index in [9.17, 15) is 0 Å². The van der Waals surface area contributed by atoms with Crippen molar-refractivity contribution in [1.82, 2.24) is 15.0 Å². The maximum atomic E-state index is 4.91. The minimum absolute atomic E-state index is 0.659. The van der Waals surface area contributed by atoms with E-state index in [2.05, 4.69) is 103 Å². The van der Waals surface area contributed by atoms with Crippen LogP contribution in [0.15, 0.2) is 164 Å². The van der Waals surface area contributed by atoms with Gasteiger partial charge >= 0.3 is 0 Å². The van der Waals surface area contributed by atoms with Crippen LogP contribution in [-0.2, 0) is 0 Å². The molecule has 0 aliphatic rings. The molecule has 0 fully saturated rings. The number of hydrogen-bond donors (Lipinski definition) is 0. The largest absolute Gasteiger partial charge is 0.208 e. The van der Waals surface area contributed by atoms with Gasteiger partial charge in [-0.15, -0.1) is 0 Å². The van der Waals surface area contributed by atoms with Crippen molar-refractivity contribution < 1.29 is 0 Å². The standard InChI is InChI=1S/C41H27N3/c1-3-12-29(13-4-1)39-42-40(30-14-5-2-6-15-30)44-41(43-39)36-24-23-33-25-32(21-22-34(33)27-36)31-17-9-18-35(26-31)38-20-10-16-28-11-7-8-19-37(28)38/h1-27H. The molecule has 0 saturated heterocycles. The second-order valence-electron chi connectivity index (χ2n) is 10.9. The summed E-state index contributed by atoms with van der Waals surface area (Å²) in [5, 5.41) is 4.83. The minimum Gasteiger partial charge on any atom is -0.208 e. The summed E-state index contributed by atoms with van der Waals surface area (Å²) in [5.74, 6) is 1.98. The fourth-order valence-corrected chi connectivity index (χ4v) is 5.85. The first-order chi connectivity index (χ1) is 21.8. The van der Waals surface area contributed by atoms with Crippen LogP contribution in [0.25, 0.3) is 78.0 Å². The molecule has 0 spiro atoms. The zero-order valence-electron chi connectivity index (χ0n) is 23.9. The van der Waals surface area contributed by atoms with E-state index in [1.54, 1.807) is 0 Å². The quantitative estimate of drug-likeness (QED) is 0.210. The molecule has 0 N–H and O–H groups in total. The van der Waals surface area contributed by atoms with Crippen LogP contribution in [0.4, 0.5) is 0 Å². The molecule has 206 valence electrons. The van der Waals surface area contributed by atoms with Gasteiger partial charge in [0.05, 0.1) is 0 Å². The lowest BCUT2D eigenvalue weighted by Crippen LogP contribution is -2.00. The highest BCUT2D eigenvalue weighted by atomic mass is 15.0. The predicted molar refractivity (Wildman–Crippen MR) is 182 cm³/mol. The fourth-order valence-electron chi connectivity index (χ4n) is 5.85. The van der Waals surface area contributed by atoms with Gasteiger partial charge in [0.15, 0.2) is 17.5 Å². The molecule has 0 saturated carbocycles. The molecule has 0 aliphatic carbocycles. The molecule has 3 nitrogen and oxygen atoms in total. The second-order valence-corrected chi connectivity index (χ2v) is 10.9. The predicted octanol–water partition coefficient (Wildman–Crippen LogP) is 10.5. The molecule has 0 unspecified atom stereocenters. The summed E-state index contributed by atoms with van der Waals surface area (Å²) in [7, 11) is 0. The molecule has 0 bridgehead atoms. The van der Waals surface area contributed by atoms with Gasteiger partial charge in [-0.2, -0.15) is 0 Å². The monoisotopic (exact) mass is 561 g/mol. The van der Waals surface area contributed by atoms with E-state index < -0.39 is 0 Å². The van der Waals surface area contributed by atoms with Crippen molar-refractivity contribution in [2.45, 2.75) is 0 Å². The SMILES string of the molecule is c1ccc(-c2nc(-c3ccccc3)nc(-c3ccc4cc(-c5cccc(-c6cccc7ccccc67)c5)ccc4c3)n2)cc1. The first-order valence-electron chi connectivity index (χ1n) is 14.8. The minimum atomic E-state index is 0.659. The Kier molecular flexibility index (Phi) is 6.47. The van der Waals surface area contributed by atoms with Crippen LogP contribution < -0.4 is 0 Å². The molecule has 0 aliphatic heterocycles. The normalized spacial score (nSPS) is 11.2. The van der Waals surface area contributed by atoms with E-state index in [0.717, 1.165) is 22.1 Å². The molecule has 8 aromatic rings. The Morgan fingerprint density at radius 2 is 0.750 bits per heavy atom. The Labute approximate surface area is 256 Å². The first kappa shape index (κ1) is 25.8. The Hall–Kier alpha value is -5.93. The van der Waals surface area contributed by atoms with Gasteiger partial charge < -0.3 is 0 Å². The Bertz CT molecular complexity index is 2210. The van der Waals surface area contributed by atoms with Gasteiger partial charge in [-0.3, -0.25) is 0 Å². The molecule has 7 aromatic carbocycles. The van der Waals surface area contributed by atoms with Crippen molar-refractivity contribution >= 4 is 21.5 Å². The molecule has 0 amide bonds. The Morgan fingerprint density at radius 3 is 1.45 bits per heavy atom. The third-order valence-corrected chi connectivity index (χ3v) is 8.09. The van der Waals surface area contributed by atoms with Crippen molar-refractivity contribution in [3.63, 3.8) is 0 Å². The smallest absolute Gasteiger partial charge is 0.164 e. The van der Waals surface area contributed by atoms with Crippen molar-refractivity contribution in [3.8, 4) is 56.4 Å². The Balaban J connectivity index is 1.18. The number of rotatable bonds is 5. The number of benzene rings is 7. The third kappa shape index (κ3) is 4.91. The topological polar surface area (TPSA) is 38.7 Å². The summed E-state index contributed by atoms with van der Waals surface area (Å²) in [6.45, 7) is 0. The highest BCUT2D eigenvalue weighted by Gasteiger charge is 2.13. The average molecular weight is 562 g/mol. The summed E-state index contributed by atoms with van der Waals surface area (Å²) in [6, 6.07) is 57.1. The van der Waals surface area contributed by atoms with E-state index in [0.29, 0.717) is 17.5 Å². The first-order valence-corrected chi connectivity index (χ1v) is 14.8. The van der Waals surface area contributed by atoms with Gasteiger partial charge in [0.25, 0.3) is 0 Å². The fraction of sp³-hybridized carbons (Fsp3) is 0. The molecule has 1 heterocycles. The molecular weight excluding hydrogens is 534 g/mol. The van der Waals surface area contributed by atoms with E-state index in [1.165, 1.54) is 38.4 Å². The summed E-state index contributed by atoms with van der Waals surface area (Å²) in [6.07, 6.45) is 0. The van der Waals surface area contributed by atoms with Crippen LogP contribution in [0.3, 0.4) is 0 Å². The summed E-state index contributed by atoms with van der Waals surface area (Å²) in [5.41, 5.74) is 7.73. The van der Waals surface area contributed by atoms with Crippen molar-refractivity contribution in [1.29, 1.82) is 0 Å². The van der Waals surface area contributed by atoms with Gasteiger partial charge in [0.1, 0.15) is 0 Å². The van der Waals surface area contributed by atoms with Crippen molar-refractivity contribution in [2.24, 2.45) is 0 Å². The Morgan fingerprint density at radius 1 is 0.273 bits per heavy atom. The summed E-state index contributed by atoms with van der Waals surface area (Å²) in [4.78, 5) is 14.6. The lowest BCUT2D eigenvalue weighted by molar-refractivity contribution is 1.07. The lowest BCUT2D eigenvalue weighted by atomic mass is 9.94. The highest BCUT2D eigenvalue weighted by molar-refractivity contribution is 5.97. The molecular formula is C41H27N3. The molecule has 0 radical (unpaired) electrons. The van der Waals surface area contributed by atoms with Crippen LogP contribution in [0, 0.1) is 0 Å². The number of aromatic nitrogens is 3. The van der Waals surface area contributed by atoms with Crippen LogP contribution in [0.2, 0.25) is 0 Å². The maximum Gasteiger partial charge on any atom is 0.164 e. The number of nitrogens with zero attached hydrogens (tertiary/aromatic N) is 3. The molecule has 8 rings (SSSR count). The summed E-state index contributed by atoms with van der Waals surface area (Å²) >= 11 is 0. The average Bonchev–Trinajstić information content (AvgIpc) is 3.11. The van der Waals surface area contributed by atoms with Crippen LogP contribution in [0.1, 0.15) is 0 Å². The van der Waals surface area contributed by atoms with Gasteiger partial charge in [-0.05, 0) is 62.0 Å². The number of hydrogen-bond acceptors (Lipinski definition) is 3. The van der Waals surface area contributed by atoms with E-state index in [-0.39, 0.29) is 0 Å². The molecule has 3 heteroatoms. The van der Waals surface area contributed by atoms with E-state index in [1.807, 2.05) is 60.7 Å². The van der Waals surface area contributed by atoms with Crippen molar-refractivity contribution in [2.75, 3.05) is 0 Å². The van der Waals surface area contributed by atoms with Gasteiger partial charge in [-0.1, -0.05) is 146 Å². The molecule has 0 atom stereocenters. The van der Waals surface area contributed by atoms with Crippen LogP contribution >= 0.6 is 0 Å². The second kappa shape index (κ2) is 11.0. The lowest BCUT2D eigenvalue weighted by Gasteiger charge is -2.11. The zero-order valence-corrected chi connectivity index (χ0v) is 23.9. The number of fused-ring (bicyclic) bond motifs is 2. The van der Waals surface area contributed by atoms with Crippen LogP contribution in [-0.4, -0.2) is 15.0 Å². The molecule has 1 aromatic heterocycles. The maximum absolute atomic E-state index is 4.91. The van der Waals surface area contributed by atoms with Crippen LogP contribution in [0.5, 0.6) is 0 Å². The van der Waals surface area contributed by atoms with Gasteiger partial charge in [-0.25, -0.2) is 15.0 Å². The van der Waals surface area contributed by atoms with Gasteiger partial charge in [0, 0.05) is 16.7 Å². The highest BCUT2D eigenvalue weighted by Crippen LogP contribution is 2.33. The van der Waals surface area contributed by atoms with Gasteiger partial charge in [0.2, 0.25) is 0 Å². The van der Waals surface area contributed by atoms with Crippen molar-refractivity contribution in [3.05, 3.63) is 164 Å². The summed E-state index contributed by atoms with van der Waals surface area (Å²) < 4.78 is 0. The third-order valence-electron chi connectivity index (χ3n) is 8.09. The van der Waals surface area contributed by atoms with E-state index in [4.69, 9.17) is 15.0 Å².